The highest BCUT2D eigenvalue weighted by molar-refractivity contribution is 9.11. The molecule has 19 heavy (non-hydrogen) atoms. The van der Waals surface area contributed by atoms with E-state index in [9.17, 15) is 18.6 Å². The first-order valence-corrected chi connectivity index (χ1v) is 8.11. The molecule has 2 aromatic rings. The van der Waals surface area contributed by atoms with E-state index in [1.54, 1.807) is 0 Å². The number of hydrogen-bond acceptors (Lipinski definition) is 4. The first kappa shape index (κ1) is 14.4. The van der Waals surface area contributed by atoms with Crippen molar-refractivity contribution in [1.82, 2.24) is 0 Å². The number of benzene rings is 2. The van der Waals surface area contributed by atoms with E-state index in [0.717, 1.165) is 0 Å². The first-order chi connectivity index (χ1) is 8.82. The van der Waals surface area contributed by atoms with Gasteiger partial charge in [-0.3, -0.25) is 0 Å². The lowest BCUT2D eigenvalue weighted by Crippen LogP contribution is -2.02. The standard InChI is InChI=1S/C12H8Br2O4S/c13-10-5-9(6-11(14)12(10)16)19(17,18)8-3-1-7(15)2-4-8/h1-6,15-16H. The van der Waals surface area contributed by atoms with E-state index in [2.05, 4.69) is 31.9 Å². The summed E-state index contributed by atoms with van der Waals surface area (Å²) >= 11 is 6.18. The SMILES string of the molecule is O=S(=O)(c1ccc(O)cc1)c1cc(Br)c(O)c(Br)c1. The highest BCUT2D eigenvalue weighted by atomic mass is 79.9. The van der Waals surface area contributed by atoms with Gasteiger partial charge in [-0.1, -0.05) is 0 Å². The molecule has 0 aromatic heterocycles. The number of phenolic OH excluding ortho intramolecular Hbond substituents is 2. The van der Waals surface area contributed by atoms with Crippen molar-refractivity contribution in [2.45, 2.75) is 9.79 Å². The molecule has 100 valence electrons. The topological polar surface area (TPSA) is 74.6 Å². The molecule has 0 atom stereocenters. The molecule has 7 heteroatoms. The van der Waals surface area contributed by atoms with E-state index in [1.807, 2.05) is 0 Å². The minimum atomic E-state index is -3.70. The quantitative estimate of drug-likeness (QED) is 0.799. The van der Waals surface area contributed by atoms with Crippen molar-refractivity contribution in [2.24, 2.45) is 0 Å². The molecule has 0 spiro atoms. The number of sulfone groups is 1. The Kier molecular flexibility index (Phi) is 3.89. The van der Waals surface area contributed by atoms with Crippen LogP contribution >= 0.6 is 31.9 Å². The van der Waals surface area contributed by atoms with Crippen LogP contribution in [0.1, 0.15) is 0 Å². The van der Waals surface area contributed by atoms with Crippen LogP contribution in [-0.4, -0.2) is 18.6 Å². The van der Waals surface area contributed by atoms with E-state index in [4.69, 9.17) is 0 Å². The summed E-state index contributed by atoms with van der Waals surface area (Å²) in [6, 6.07) is 7.89. The Morgan fingerprint density at radius 1 is 0.842 bits per heavy atom. The van der Waals surface area contributed by atoms with Crippen LogP contribution in [0.15, 0.2) is 55.1 Å². The molecule has 2 aromatic carbocycles. The third-order valence-electron chi connectivity index (χ3n) is 2.45. The Morgan fingerprint density at radius 3 is 1.79 bits per heavy atom. The number of halogens is 2. The molecule has 0 heterocycles. The van der Waals surface area contributed by atoms with Gasteiger partial charge in [-0.15, -0.1) is 0 Å². The van der Waals surface area contributed by atoms with Crippen LogP contribution in [0, 0.1) is 0 Å². The molecule has 0 fully saturated rings. The molecule has 0 saturated heterocycles. The van der Waals surface area contributed by atoms with Gasteiger partial charge in [0.25, 0.3) is 0 Å². The normalized spacial score (nSPS) is 11.5. The summed E-state index contributed by atoms with van der Waals surface area (Å²) in [7, 11) is -3.70. The summed E-state index contributed by atoms with van der Waals surface area (Å²) in [5.41, 5.74) is 0. The largest absolute Gasteiger partial charge is 0.508 e. The molecule has 0 radical (unpaired) electrons. The summed E-state index contributed by atoms with van der Waals surface area (Å²) in [6.45, 7) is 0. The van der Waals surface area contributed by atoms with Gasteiger partial charge in [0.05, 0.1) is 18.7 Å². The molecule has 0 aliphatic heterocycles. The van der Waals surface area contributed by atoms with Crippen LogP contribution in [0.2, 0.25) is 0 Å². The molecule has 2 N–H and O–H groups in total. The van der Waals surface area contributed by atoms with Crippen molar-refractivity contribution >= 4 is 41.7 Å². The minimum Gasteiger partial charge on any atom is -0.508 e. The molecule has 0 unspecified atom stereocenters. The third kappa shape index (κ3) is 2.77. The fourth-order valence-corrected chi connectivity index (χ4v) is 4.26. The third-order valence-corrected chi connectivity index (χ3v) is 5.41. The predicted octanol–water partition coefficient (Wildman–Crippen LogP) is 3.46. The molecular formula is C12H8Br2O4S. The number of rotatable bonds is 2. The van der Waals surface area contributed by atoms with Gasteiger partial charge < -0.3 is 10.2 Å². The average molecular weight is 408 g/mol. The zero-order chi connectivity index (χ0) is 14.2. The molecule has 0 aliphatic rings. The molecule has 0 saturated carbocycles. The Balaban J connectivity index is 2.60. The van der Waals surface area contributed by atoms with Crippen LogP contribution in [0.4, 0.5) is 0 Å². The van der Waals surface area contributed by atoms with Crippen molar-refractivity contribution < 1.29 is 18.6 Å². The Labute approximate surface area is 126 Å². The Morgan fingerprint density at radius 2 is 1.32 bits per heavy atom. The van der Waals surface area contributed by atoms with E-state index < -0.39 is 9.84 Å². The molecule has 0 aliphatic carbocycles. The second-order valence-corrected chi connectivity index (χ2v) is 7.39. The van der Waals surface area contributed by atoms with Gasteiger partial charge in [0.2, 0.25) is 9.84 Å². The molecule has 4 nitrogen and oxygen atoms in total. The van der Waals surface area contributed by atoms with E-state index in [0.29, 0.717) is 0 Å². The van der Waals surface area contributed by atoms with Crippen molar-refractivity contribution in [2.75, 3.05) is 0 Å². The number of aromatic hydroxyl groups is 2. The van der Waals surface area contributed by atoms with Gasteiger partial charge in [0.15, 0.2) is 0 Å². The van der Waals surface area contributed by atoms with Crippen LogP contribution in [-0.2, 0) is 9.84 Å². The van der Waals surface area contributed by atoms with Crippen LogP contribution in [0.25, 0.3) is 0 Å². The average Bonchev–Trinajstić information content (AvgIpc) is 2.35. The Bertz CT molecular complexity index is 701. The van der Waals surface area contributed by atoms with Crippen LogP contribution < -0.4 is 0 Å². The molecule has 0 amide bonds. The second-order valence-electron chi connectivity index (χ2n) is 3.73. The van der Waals surface area contributed by atoms with Gasteiger partial charge in [-0.25, -0.2) is 8.42 Å². The number of phenols is 2. The second kappa shape index (κ2) is 5.15. The minimum absolute atomic E-state index is 0.00739. The monoisotopic (exact) mass is 406 g/mol. The molecule has 0 bridgehead atoms. The maximum absolute atomic E-state index is 12.4. The fourth-order valence-electron chi connectivity index (χ4n) is 1.46. The lowest BCUT2D eigenvalue weighted by molar-refractivity contribution is 0.467. The zero-order valence-corrected chi connectivity index (χ0v) is 13.3. The summed E-state index contributed by atoms with van der Waals surface area (Å²) in [4.78, 5) is 0.101. The first-order valence-electron chi connectivity index (χ1n) is 5.04. The zero-order valence-electron chi connectivity index (χ0n) is 9.34. The maximum Gasteiger partial charge on any atom is 0.206 e. The van der Waals surface area contributed by atoms with Crippen molar-refractivity contribution in [1.29, 1.82) is 0 Å². The fraction of sp³-hybridized carbons (Fsp3) is 0. The summed E-state index contributed by atoms with van der Waals surface area (Å²) in [5, 5.41) is 18.8. The van der Waals surface area contributed by atoms with Gasteiger partial charge in [-0.2, -0.15) is 0 Å². The smallest absolute Gasteiger partial charge is 0.206 e. The van der Waals surface area contributed by atoms with Gasteiger partial charge >= 0.3 is 0 Å². The molecular weight excluding hydrogens is 400 g/mol. The van der Waals surface area contributed by atoms with E-state index in [-0.39, 0.29) is 30.2 Å². The van der Waals surface area contributed by atoms with Gasteiger partial charge in [0, 0.05) is 0 Å². The number of hydrogen-bond donors (Lipinski definition) is 2. The lowest BCUT2D eigenvalue weighted by atomic mass is 10.3. The van der Waals surface area contributed by atoms with Gasteiger partial charge in [0.1, 0.15) is 11.5 Å². The summed E-state index contributed by atoms with van der Waals surface area (Å²) in [5.74, 6) is -0.0725. The highest BCUT2D eigenvalue weighted by Gasteiger charge is 2.20. The van der Waals surface area contributed by atoms with E-state index >= 15 is 0 Å². The maximum atomic E-state index is 12.4. The summed E-state index contributed by atoms with van der Waals surface area (Å²) in [6.07, 6.45) is 0. The lowest BCUT2D eigenvalue weighted by Gasteiger charge is -2.08. The molecule has 2 rings (SSSR count). The Hall–Kier alpha value is -1.05. The predicted molar refractivity (Wildman–Crippen MR) is 77.1 cm³/mol. The van der Waals surface area contributed by atoms with E-state index in [1.165, 1.54) is 36.4 Å². The van der Waals surface area contributed by atoms with Crippen molar-refractivity contribution in [3.63, 3.8) is 0 Å². The highest BCUT2D eigenvalue weighted by Crippen LogP contribution is 2.36. The van der Waals surface area contributed by atoms with Crippen molar-refractivity contribution in [3.8, 4) is 11.5 Å². The van der Waals surface area contributed by atoms with Gasteiger partial charge in [-0.05, 0) is 68.3 Å². The van der Waals surface area contributed by atoms with Crippen LogP contribution in [0.3, 0.4) is 0 Å². The summed E-state index contributed by atoms with van der Waals surface area (Å²) < 4.78 is 25.3. The van der Waals surface area contributed by atoms with Crippen LogP contribution in [0.5, 0.6) is 11.5 Å². The van der Waals surface area contributed by atoms with Crippen molar-refractivity contribution in [3.05, 3.63) is 45.3 Å².